The number of aliphatic imine (C=N–C) groups is 1. The van der Waals surface area contributed by atoms with Crippen LogP contribution in [0.25, 0.3) is 0 Å². The van der Waals surface area contributed by atoms with Gasteiger partial charge in [0.1, 0.15) is 5.84 Å². The quantitative estimate of drug-likeness (QED) is 0.777. The molecule has 6 heteroatoms. The average molecular weight is 228 g/mol. The molecule has 1 atom stereocenters. The summed E-state index contributed by atoms with van der Waals surface area (Å²) < 4.78 is 37.0. The molecule has 3 nitrogen and oxygen atoms in total. The van der Waals surface area contributed by atoms with E-state index >= 15 is 0 Å². The van der Waals surface area contributed by atoms with Crippen LogP contribution in [-0.4, -0.2) is 24.0 Å². The number of hydrogen-bond acceptors (Lipinski definition) is 2. The average Bonchev–Trinajstić information content (AvgIpc) is 2.61. The van der Waals surface area contributed by atoms with Crippen LogP contribution < -0.4 is 5.32 Å². The van der Waals surface area contributed by atoms with Gasteiger partial charge >= 0.3 is 6.18 Å². The van der Waals surface area contributed by atoms with E-state index in [1.54, 1.807) is 30.3 Å². The van der Waals surface area contributed by atoms with Gasteiger partial charge in [-0.3, -0.25) is 4.79 Å². The maximum Gasteiger partial charge on any atom is 0.419 e. The lowest BCUT2D eigenvalue weighted by atomic mass is 10.2. The first kappa shape index (κ1) is 10.7. The Morgan fingerprint density at radius 3 is 2.31 bits per heavy atom. The number of benzene rings is 1. The Hall–Kier alpha value is -1.85. The third-order valence-corrected chi connectivity index (χ3v) is 2.11. The molecule has 1 aromatic rings. The van der Waals surface area contributed by atoms with Crippen molar-refractivity contribution in [1.29, 1.82) is 0 Å². The summed E-state index contributed by atoms with van der Waals surface area (Å²) in [6.07, 6.45) is -4.64. The predicted molar refractivity (Wildman–Crippen MR) is 51.0 cm³/mol. The van der Waals surface area contributed by atoms with Gasteiger partial charge in [0.15, 0.2) is 0 Å². The number of amides is 1. The van der Waals surface area contributed by atoms with Crippen molar-refractivity contribution >= 4 is 11.7 Å². The van der Waals surface area contributed by atoms with Gasteiger partial charge in [0.25, 0.3) is 5.91 Å². The lowest BCUT2D eigenvalue weighted by molar-refractivity contribution is -0.159. The Morgan fingerprint density at radius 2 is 1.81 bits per heavy atom. The van der Waals surface area contributed by atoms with E-state index in [9.17, 15) is 18.0 Å². The number of halogens is 3. The van der Waals surface area contributed by atoms with Gasteiger partial charge in [-0.25, -0.2) is 4.99 Å². The zero-order chi connectivity index (χ0) is 11.8. The van der Waals surface area contributed by atoms with Crippen molar-refractivity contribution < 1.29 is 18.0 Å². The topological polar surface area (TPSA) is 41.5 Å². The molecule has 2 rings (SSSR count). The van der Waals surface area contributed by atoms with E-state index in [1.165, 1.54) is 0 Å². The molecular formula is C10H7F3N2O. The molecular weight excluding hydrogens is 221 g/mol. The summed E-state index contributed by atoms with van der Waals surface area (Å²) >= 11 is 0. The molecule has 1 N–H and O–H groups in total. The lowest BCUT2D eigenvalue weighted by Crippen LogP contribution is -2.37. The number of nitrogens with zero attached hydrogens (tertiary/aromatic N) is 1. The maximum atomic E-state index is 12.3. The molecule has 1 amide bonds. The molecule has 1 aromatic carbocycles. The number of rotatable bonds is 1. The van der Waals surface area contributed by atoms with Gasteiger partial charge in [0.05, 0.1) is 0 Å². The first-order valence-corrected chi connectivity index (χ1v) is 4.49. The van der Waals surface area contributed by atoms with Gasteiger partial charge in [-0.15, -0.1) is 0 Å². The third-order valence-electron chi connectivity index (χ3n) is 2.11. The number of carbonyl (C=O) groups is 1. The third kappa shape index (κ3) is 1.91. The normalized spacial score (nSPS) is 20.6. The van der Waals surface area contributed by atoms with E-state index < -0.39 is 18.1 Å². The van der Waals surface area contributed by atoms with Gasteiger partial charge in [0.2, 0.25) is 6.04 Å². The molecule has 0 radical (unpaired) electrons. The smallest absolute Gasteiger partial charge is 0.308 e. The van der Waals surface area contributed by atoms with E-state index in [0.29, 0.717) is 5.56 Å². The van der Waals surface area contributed by atoms with Crippen LogP contribution in [-0.2, 0) is 4.79 Å². The molecule has 1 unspecified atom stereocenters. The first-order valence-electron chi connectivity index (χ1n) is 4.49. The molecule has 0 aliphatic carbocycles. The van der Waals surface area contributed by atoms with Crippen LogP contribution in [0.4, 0.5) is 13.2 Å². The van der Waals surface area contributed by atoms with Gasteiger partial charge in [-0.1, -0.05) is 30.3 Å². The lowest BCUT2D eigenvalue weighted by Gasteiger charge is -2.07. The van der Waals surface area contributed by atoms with Crippen molar-refractivity contribution in [3.05, 3.63) is 35.9 Å². The highest BCUT2D eigenvalue weighted by Gasteiger charge is 2.48. The van der Waals surface area contributed by atoms with Crippen molar-refractivity contribution in [2.24, 2.45) is 4.99 Å². The maximum absolute atomic E-state index is 12.3. The van der Waals surface area contributed by atoms with Crippen LogP contribution >= 0.6 is 0 Å². The highest BCUT2D eigenvalue weighted by atomic mass is 19.4. The summed E-state index contributed by atoms with van der Waals surface area (Å²) in [5.74, 6) is -1.17. The molecule has 0 bridgehead atoms. The van der Waals surface area contributed by atoms with E-state index in [4.69, 9.17) is 0 Å². The minimum absolute atomic E-state index is 0.0343. The molecule has 84 valence electrons. The van der Waals surface area contributed by atoms with E-state index in [1.807, 2.05) is 0 Å². The summed E-state index contributed by atoms with van der Waals surface area (Å²) in [6.45, 7) is 0. The molecule has 0 saturated heterocycles. The highest BCUT2D eigenvalue weighted by molar-refractivity contribution is 6.13. The second-order valence-electron chi connectivity index (χ2n) is 3.28. The minimum atomic E-state index is -4.64. The van der Waals surface area contributed by atoms with Crippen LogP contribution in [0.2, 0.25) is 0 Å². The second-order valence-corrected chi connectivity index (χ2v) is 3.28. The van der Waals surface area contributed by atoms with Crippen molar-refractivity contribution in [3.63, 3.8) is 0 Å². The number of carbonyl (C=O) groups excluding carboxylic acids is 1. The zero-order valence-corrected chi connectivity index (χ0v) is 7.95. The van der Waals surface area contributed by atoms with Crippen molar-refractivity contribution in [1.82, 2.24) is 5.32 Å². The summed E-state index contributed by atoms with van der Waals surface area (Å²) in [6, 6.07) is 5.91. The molecule has 1 aliphatic rings. The van der Waals surface area contributed by atoms with Crippen LogP contribution in [0.3, 0.4) is 0 Å². The number of amidine groups is 1. The molecule has 0 spiro atoms. The highest BCUT2D eigenvalue weighted by Crippen LogP contribution is 2.26. The molecule has 16 heavy (non-hydrogen) atoms. The molecule has 0 aromatic heterocycles. The molecule has 1 aliphatic heterocycles. The largest absolute Gasteiger partial charge is 0.419 e. The number of alkyl halides is 3. The summed E-state index contributed by atoms with van der Waals surface area (Å²) in [7, 11) is 0. The van der Waals surface area contributed by atoms with Gasteiger partial charge < -0.3 is 5.32 Å². The van der Waals surface area contributed by atoms with Crippen molar-refractivity contribution in [2.75, 3.05) is 0 Å². The summed E-state index contributed by atoms with van der Waals surface area (Å²) in [4.78, 5) is 14.4. The Morgan fingerprint density at radius 1 is 1.19 bits per heavy atom. The fraction of sp³-hybridized carbons (Fsp3) is 0.200. The molecule has 0 saturated carbocycles. The Balaban J connectivity index is 2.31. The predicted octanol–water partition coefficient (Wildman–Crippen LogP) is 1.49. The van der Waals surface area contributed by atoms with Gasteiger partial charge in [0, 0.05) is 5.56 Å². The first-order chi connectivity index (χ1) is 7.48. The second kappa shape index (κ2) is 3.62. The van der Waals surface area contributed by atoms with E-state index in [2.05, 4.69) is 10.3 Å². The van der Waals surface area contributed by atoms with Crippen LogP contribution in [0.15, 0.2) is 35.3 Å². The number of hydrogen-bond donors (Lipinski definition) is 1. The summed E-state index contributed by atoms with van der Waals surface area (Å²) in [5.41, 5.74) is 0.461. The van der Waals surface area contributed by atoms with Gasteiger partial charge in [-0.05, 0) is 0 Å². The van der Waals surface area contributed by atoms with E-state index in [-0.39, 0.29) is 5.84 Å². The Bertz CT molecular complexity index is 439. The van der Waals surface area contributed by atoms with Crippen molar-refractivity contribution in [2.45, 2.75) is 12.2 Å². The SMILES string of the molecule is O=C1NC(c2ccccc2)=NC1C(F)(F)F. The van der Waals surface area contributed by atoms with Crippen LogP contribution in [0, 0.1) is 0 Å². The Kier molecular flexibility index (Phi) is 2.41. The fourth-order valence-electron chi connectivity index (χ4n) is 1.37. The standard InChI is InChI=1S/C10H7F3N2O/c11-10(12,13)7-9(16)15-8(14-7)6-4-2-1-3-5-6/h1-5,7H,(H,14,15,16). The number of nitrogens with one attached hydrogen (secondary N) is 1. The zero-order valence-electron chi connectivity index (χ0n) is 7.95. The van der Waals surface area contributed by atoms with Crippen molar-refractivity contribution in [3.8, 4) is 0 Å². The van der Waals surface area contributed by atoms with Crippen LogP contribution in [0.5, 0.6) is 0 Å². The molecule has 1 heterocycles. The monoisotopic (exact) mass is 228 g/mol. The minimum Gasteiger partial charge on any atom is -0.308 e. The van der Waals surface area contributed by atoms with Crippen LogP contribution in [0.1, 0.15) is 5.56 Å². The Labute approximate surface area is 89.0 Å². The van der Waals surface area contributed by atoms with Gasteiger partial charge in [-0.2, -0.15) is 13.2 Å². The molecule has 0 fully saturated rings. The summed E-state index contributed by atoms with van der Waals surface area (Å²) in [5, 5.41) is 2.12. The fourth-order valence-corrected chi connectivity index (χ4v) is 1.37. The van der Waals surface area contributed by atoms with E-state index in [0.717, 1.165) is 0 Å².